The summed E-state index contributed by atoms with van der Waals surface area (Å²) < 4.78 is 24.0. The van der Waals surface area contributed by atoms with Crippen molar-refractivity contribution < 1.29 is 23.5 Å². The third-order valence-electron chi connectivity index (χ3n) is 4.91. The lowest BCUT2D eigenvalue weighted by molar-refractivity contribution is -0.136. The normalized spacial score (nSPS) is 16.7. The minimum Gasteiger partial charge on any atom is -0.497 e. The van der Waals surface area contributed by atoms with E-state index in [1.54, 1.807) is 50.6 Å². The Kier molecular flexibility index (Phi) is 7.37. The number of benzene rings is 2. The monoisotopic (exact) mass is 415 g/mol. The van der Waals surface area contributed by atoms with Gasteiger partial charge < -0.3 is 19.7 Å². The topological polar surface area (TPSA) is 71.1 Å². The molecule has 0 bridgehead atoms. The number of nitrogens with zero attached hydrogens (tertiary/aromatic N) is 2. The minimum atomic E-state index is -0.296. The standard InChI is InChI=1S/C22H26FN3O4/c1-25(14-21(27)24-18-4-3-5-19(12-18)29-2)22(28)15-26-10-11-30-20(13-26)16-6-8-17(23)9-7-16/h3-9,12,20H,10-11,13-15H2,1-2H3,(H,24,27). The molecule has 1 atom stereocenters. The first kappa shape index (κ1) is 21.7. The van der Waals surface area contributed by atoms with Gasteiger partial charge in [0, 0.05) is 31.9 Å². The molecule has 8 heteroatoms. The lowest BCUT2D eigenvalue weighted by atomic mass is 10.1. The lowest BCUT2D eigenvalue weighted by Gasteiger charge is -2.33. The highest BCUT2D eigenvalue weighted by atomic mass is 19.1. The van der Waals surface area contributed by atoms with E-state index < -0.39 is 0 Å². The molecule has 2 aromatic rings. The molecular formula is C22H26FN3O4. The number of rotatable bonds is 7. The van der Waals surface area contributed by atoms with Crippen molar-refractivity contribution in [3.8, 4) is 5.75 Å². The molecule has 1 N–H and O–H groups in total. The van der Waals surface area contributed by atoms with Crippen molar-refractivity contribution in [2.75, 3.05) is 52.3 Å². The van der Waals surface area contributed by atoms with Gasteiger partial charge in [0.2, 0.25) is 11.8 Å². The van der Waals surface area contributed by atoms with Gasteiger partial charge in [-0.3, -0.25) is 14.5 Å². The largest absolute Gasteiger partial charge is 0.497 e. The Bertz CT molecular complexity index is 875. The number of amides is 2. The van der Waals surface area contributed by atoms with Crippen molar-refractivity contribution in [2.45, 2.75) is 6.10 Å². The van der Waals surface area contributed by atoms with Gasteiger partial charge in [-0.25, -0.2) is 4.39 Å². The number of nitrogens with one attached hydrogen (secondary N) is 1. The molecule has 160 valence electrons. The predicted molar refractivity (Wildman–Crippen MR) is 111 cm³/mol. The average Bonchev–Trinajstić information content (AvgIpc) is 2.74. The van der Waals surface area contributed by atoms with Crippen molar-refractivity contribution in [1.82, 2.24) is 9.80 Å². The second-order valence-corrected chi connectivity index (χ2v) is 7.18. The van der Waals surface area contributed by atoms with Crippen molar-refractivity contribution in [1.29, 1.82) is 0 Å². The summed E-state index contributed by atoms with van der Waals surface area (Å²) >= 11 is 0. The Morgan fingerprint density at radius 3 is 2.77 bits per heavy atom. The van der Waals surface area contributed by atoms with Gasteiger partial charge in [-0.15, -0.1) is 0 Å². The molecule has 2 amide bonds. The second-order valence-electron chi connectivity index (χ2n) is 7.18. The van der Waals surface area contributed by atoms with E-state index in [1.807, 2.05) is 4.90 Å². The molecule has 1 heterocycles. The summed E-state index contributed by atoms with van der Waals surface area (Å²) in [5, 5.41) is 2.76. The number of anilines is 1. The Balaban J connectivity index is 1.49. The van der Waals surface area contributed by atoms with Gasteiger partial charge >= 0.3 is 0 Å². The van der Waals surface area contributed by atoms with Crippen LogP contribution >= 0.6 is 0 Å². The zero-order chi connectivity index (χ0) is 21.5. The summed E-state index contributed by atoms with van der Waals surface area (Å²) in [5.74, 6) is -0.100. The fourth-order valence-corrected chi connectivity index (χ4v) is 3.24. The maximum absolute atomic E-state index is 13.1. The van der Waals surface area contributed by atoms with Gasteiger partial charge in [0.05, 0.1) is 32.9 Å². The molecule has 1 aliphatic heterocycles. The molecular weight excluding hydrogens is 389 g/mol. The molecule has 1 unspecified atom stereocenters. The van der Waals surface area contributed by atoms with E-state index in [-0.39, 0.29) is 36.8 Å². The van der Waals surface area contributed by atoms with Crippen LogP contribution in [-0.2, 0) is 14.3 Å². The molecule has 0 aliphatic carbocycles. The molecule has 1 aliphatic rings. The third kappa shape index (κ3) is 6.01. The summed E-state index contributed by atoms with van der Waals surface area (Å²) in [5.41, 5.74) is 1.48. The van der Waals surface area contributed by atoms with Crippen LogP contribution in [0, 0.1) is 5.82 Å². The first-order chi connectivity index (χ1) is 14.4. The summed E-state index contributed by atoms with van der Waals surface area (Å²) in [6, 6.07) is 13.2. The number of carbonyl (C=O) groups excluding carboxylic acids is 2. The van der Waals surface area contributed by atoms with Crippen molar-refractivity contribution in [2.24, 2.45) is 0 Å². The van der Waals surface area contributed by atoms with Crippen LogP contribution in [0.3, 0.4) is 0 Å². The highest BCUT2D eigenvalue weighted by molar-refractivity contribution is 5.94. The molecule has 0 spiro atoms. The first-order valence-electron chi connectivity index (χ1n) is 9.72. The predicted octanol–water partition coefficient (Wildman–Crippen LogP) is 2.30. The van der Waals surface area contributed by atoms with E-state index in [2.05, 4.69) is 5.32 Å². The first-order valence-corrected chi connectivity index (χ1v) is 9.72. The lowest BCUT2D eigenvalue weighted by Crippen LogP contribution is -2.46. The van der Waals surface area contributed by atoms with Crippen LogP contribution in [0.5, 0.6) is 5.75 Å². The zero-order valence-electron chi connectivity index (χ0n) is 17.1. The Hall–Kier alpha value is -2.97. The molecule has 0 aromatic heterocycles. The SMILES string of the molecule is COc1cccc(NC(=O)CN(C)C(=O)CN2CCOC(c3ccc(F)cc3)C2)c1. The Labute approximate surface area is 175 Å². The van der Waals surface area contributed by atoms with Crippen LogP contribution < -0.4 is 10.1 Å². The average molecular weight is 415 g/mol. The number of likely N-dealkylation sites (N-methyl/N-ethyl adjacent to an activating group) is 1. The third-order valence-corrected chi connectivity index (χ3v) is 4.91. The highest BCUT2D eigenvalue weighted by Gasteiger charge is 2.25. The summed E-state index contributed by atoms with van der Waals surface area (Å²) in [6.45, 7) is 1.76. The number of morpholine rings is 1. The number of ether oxygens (including phenoxy) is 2. The van der Waals surface area contributed by atoms with Crippen LogP contribution in [0.2, 0.25) is 0 Å². The number of hydrogen-bond donors (Lipinski definition) is 1. The maximum Gasteiger partial charge on any atom is 0.243 e. The van der Waals surface area contributed by atoms with Crippen LogP contribution in [0.1, 0.15) is 11.7 Å². The van der Waals surface area contributed by atoms with E-state index in [0.717, 1.165) is 5.56 Å². The number of carbonyl (C=O) groups is 2. The Morgan fingerprint density at radius 1 is 1.27 bits per heavy atom. The van der Waals surface area contributed by atoms with Gasteiger partial charge in [0.1, 0.15) is 11.6 Å². The molecule has 1 saturated heterocycles. The molecule has 0 saturated carbocycles. The zero-order valence-corrected chi connectivity index (χ0v) is 17.1. The summed E-state index contributed by atoms with van der Waals surface area (Å²) in [7, 11) is 3.16. The molecule has 0 radical (unpaired) electrons. The van der Waals surface area contributed by atoms with Crippen molar-refractivity contribution in [3.05, 3.63) is 59.9 Å². The molecule has 2 aromatic carbocycles. The fourth-order valence-electron chi connectivity index (χ4n) is 3.24. The quantitative estimate of drug-likeness (QED) is 0.752. The van der Waals surface area contributed by atoms with Crippen molar-refractivity contribution in [3.63, 3.8) is 0 Å². The van der Waals surface area contributed by atoms with E-state index in [0.29, 0.717) is 31.1 Å². The van der Waals surface area contributed by atoms with E-state index in [4.69, 9.17) is 9.47 Å². The summed E-state index contributed by atoms with van der Waals surface area (Å²) in [4.78, 5) is 28.2. The van der Waals surface area contributed by atoms with Crippen LogP contribution in [0.4, 0.5) is 10.1 Å². The van der Waals surface area contributed by atoms with E-state index in [9.17, 15) is 14.0 Å². The van der Waals surface area contributed by atoms with Gasteiger partial charge in [-0.1, -0.05) is 18.2 Å². The van der Waals surface area contributed by atoms with E-state index in [1.165, 1.54) is 17.0 Å². The molecule has 1 fully saturated rings. The van der Waals surface area contributed by atoms with Crippen molar-refractivity contribution >= 4 is 17.5 Å². The molecule has 3 rings (SSSR count). The van der Waals surface area contributed by atoms with Gasteiger partial charge in [-0.05, 0) is 29.8 Å². The minimum absolute atomic E-state index is 0.0538. The van der Waals surface area contributed by atoms with Crippen LogP contribution in [-0.4, -0.2) is 68.6 Å². The van der Waals surface area contributed by atoms with Gasteiger partial charge in [0.25, 0.3) is 0 Å². The second kappa shape index (κ2) is 10.2. The Morgan fingerprint density at radius 2 is 2.03 bits per heavy atom. The fraction of sp³-hybridized carbons (Fsp3) is 0.364. The number of halogens is 1. The number of methoxy groups -OCH3 is 1. The summed E-state index contributed by atoms with van der Waals surface area (Å²) in [6.07, 6.45) is -0.214. The van der Waals surface area contributed by atoms with Crippen LogP contribution in [0.15, 0.2) is 48.5 Å². The van der Waals surface area contributed by atoms with Crippen LogP contribution in [0.25, 0.3) is 0 Å². The highest BCUT2D eigenvalue weighted by Crippen LogP contribution is 2.22. The van der Waals surface area contributed by atoms with E-state index >= 15 is 0 Å². The smallest absolute Gasteiger partial charge is 0.243 e. The van der Waals surface area contributed by atoms with Gasteiger partial charge in [-0.2, -0.15) is 0 Å². The number of hydrogen-bond acceptors (Lipinski definition) is 5. The molecule has 7 nitrogen and oxygen atoms in total. The molecule has 30 heavy (non-hydrogen) atoms. The van der Waals surface area contributed by atoms with Gasteiger partial charge in [0.15, 0.2) is 0 Å². The maximum atomic E-state index is 13.1.